The molecule has 2 aromatic rings. The van der Waals surface area contributed by atoms with E-state index in [1.165, 1.54) is 0 Å². The van der Waals surface area contributed by atoms with Gasteiger partial charge in [0.05, 0.1) is 12.7 Å². The Labute approximate surface area is 117 Å². The molecule has 6 nitrogen and oxygen atoms in total. The number of rotatable bonds is 4. The second-order valence-corrected chi connectivity index (χ2v) is 5.01. The van der Waals surface area contributed by atoms with E-state index in [9.17, 15) is 0 Å². The first-order valence-electron chi connectivity index (χ1n) is 6.98. The van der Waals surface area contributed by atoms with Crippen molar-refractivity contribution in [3.63, 3.8) is 0 Å². The van der Waals surface area contributed by atoms with Crippen molar-refractivity contribution in [2.45, 2.75) is 13.0 Å². The summed E-state index contributed by atoms with van der Waals surface area (Å²) in [4.78, 5) is 6.75. The normalized spacial score (nSPS) is 20.4. The van der Waals surface area contributed by atoms with Crippen LogP contribution in [0.2, 0.25) is 0 Å². The molecule has 1 aromatic carbocycles. The predicted octanol–water partition coefficient (Wildman–Crippen LogP) is 1.54. The van der Waals surface area contributed by atoms with Gasteiger partial charge in [-0.25, -0.2) is 0 Å². The molecule has 1 unspecified atom stereocenters. The maximum atomic E-state index is 5.73. The molecule has 108 valence electrons. The van der Waals surface area contributed by atoms with Crippen molar-refractivity contribution in [2.24, 2.45) is 0 Å². The lowest BCUT2D eigenvalue weighted by Gasteiger charge is -2.31. The molecular weight excluding hydrogens is 256 g/mol. The van der Waals surface area contributed by atoms with Crippen LogP contribution in [-0.4, -0.2) is 48.8 Å². The molecule has 1 atom stereocenters. The summed E-state index contributed by atoms with van der Waals surface area (Å²) in [6, 6.07) is 5.96. The van der Waals surface area contributed by atoms with Gasteiger partial charge in [-0.15, -0.1) is 0 Å². The average Bonchev–Trinajstić information content (AvgIpc) is 2.87. The molecule has 0 amide bonds. The van der Waals surface area contributed by atoms with Crippen LogP contribution in [0.4, 0.5) is 11.7 Å². The first-order chi connectivity index (χ1) is 9.74. The van der Waals surface area contributed by atoms with Crippen LogP contribution in [-0.2, 0) is 4.74 Å². The van der Waals surface area contributed by atoms with Gasteiger partial charge in [0, 0.05) is 25.3 Å². The number of nitrogens with one attached hydrogen (secondary N) is 1. The molecule has 1 aliphatic rings. The lowest BCUT2D eigenvalue weighted by Crippen LogP contribution is -2.45. The van der Waals surface area contributed by atoms with E-state index in [4.69, 9.17) is 14.9 Å². The van der Waals surface area contributed by atoms with Crippen LogP contribution < -0.4 is 11.1 Å². The SMILES string of the molecule is CCN1CCOC(CNc2nc3cc(N)ccc3o2)C1. The number of aromatic nitrogens is 1. The largest absolute Gasteiger partial charge is 0.424 e. The molecule has 0 spiro atoms. The zero-order valence-corrected chi connectivity index (χ0v) is 11.6. The number of anilines is 2. The van der Waals surface area contributed by atoms with Gasteiger partial charge in [0.25, 0.3) is 6.01 Å². The summed E-state index contributed by atoms with van der Waals surface area (Å²) in [7, 11) is 0. The number of benzene rings is 1. The number of oxazole rings is 1. The van der Waals surface area contributed by atoms with Crippen LogP contribution in [0.3, 0.4) is 0 Å². The van der Waals surface area contributed by atoms with E-state index in [0.717, 1.165) is 37.3 Å². The quantitative estimate of drug-likeness (QED) is 0.825. The van der Waals surface area contributed by atoms with Gasteiger partial charge in [0.2, 0.25) is 0 Å². The third-order valence-electron chi connectivity index (χ3n) is 3.56. The van der Waals surface area contributed by atoms with Crippen molar-refractivity contribution in [1.29, 1.82) is 0 Å². The van der Waals surface area contributed by atoms with Gasteiger partial charge in [0.15, 0.2) is 5.58 Å². The number of fused-ring (bicyclic) bond motifs is 1. The van der Waals surface area contributed by atoms with Crippen molar-refractivity contribution in [2.75, 3.05) is 43.8 Å². The second kappa shape index (κ2) is 5.68. The molecule has 6 heteroatoms. The maximum absolute atomic E-state index is 5.73. The summed E-state index contributed by atoms with van der Waals surface area (Å²) in [5, 5.41) is 3.20. The Balaban J connectivity index is 1.62. The topological polar surface area (TPSA) is 76.5 Å². The summed E-state index contributed by atoms with van der Waals surface area (Å²) < 4.78 is 11.4. The van der Waals surface area contributed by atoms with Crippen LogP contribution in [0.5, 0.6) is 0 Å². The Morgan fingerprint density at radius 2 is 2.40 bits per heavy atom. The van der Waals surface area contributed by atoms with E-state index in [0.29, 0.717) is 18.2 Å². The molecule has 1 aliphatic heterocycles. The Bertz CT molecular complexity index is 584. The van der Waals surface area contributed by atoms with Gasteiger partial charge in [-0.05, 0) is 24.7 Å². The monoisotopic (exact) mass is 276 g/mol. The van der Waals surface area contributed by atoms with E-state index in [1.807, 2.05) is 6.07 Å². The van der Waals surface area contributed by atoms with Crippen molar-refractivity contribution in [3.8, 4) is 0 Å². The second-order valence-electron chi connectivity index (χ2n) is 5.01. The first kappa shape index (κ1) is 13.2. The minimum atomic E-state index is 0.170. The van der Waals surface area contributed by atoms with Crippen LogP contribution in [0.25, 0.3) is 11.1 Å². The Kier molecular flexibility index (Phi) is 3.75. The summed E-state index contributed by atoms with van der Waals surface area (Å²) >= 11 is 0. The molecule has 1 aromatic heterocycles. The van der Waals surface area contributed by atoms with Crippen LogP contribution in [0.1, 0.15) is 6.92 Å². The van der Waals surface area contributed by atoms with E-state index in [1.54, 1.807) is 12.1 Å². The minimum absolute atomic E-state index is 0.170. The predicted molar refractivity (Wildman–Crippen MR) is 78.8 cm³/mol. The number of nitrogens with zero attached hydrogens (tertiary/aromatic N) is 2. The van der Waals surface area contributed by atoms with Crippen LogP contribution in [0.15, 0.2) is 22.6 Å². The van der Waals surface area contributed by atoms with Gasteiger partial charge < -0.3 is 20.2 Å². The zero-order chi connectivity index (χ0) is 13.9. The molecular formula is C14H20N4O2. The molecule has 0 radical (unpaired) electrons. The van der Waals surface area contributed by atoms with Gasteiger partial charge in [-0.1, -0.05) is 6.92 Å². The van der Waals surface area contributed by atoms with E-state index in [2.05, 4.69) is 22.1 Å². The number of hydrogen-bond acceptors (Lipinski definition) is 6. The highest BCUT2D eigenvalue weighted by Crippen LogP contribution is 2.21. The molecule has 0 saturated carbocycles. The van der Waals surface area contributed by atoms with Gasteiger partial charge >= 0.3 is 0 Å². The average molecular weight is 276 g/mol. The number of nitrogens with two attached hydrogens (primary N) is 1. The third kappa shape index (κ3) is 2.86. The molecule has 1 saturated heterocycles. The van der Waals surface area contributed by atoms with Crippen LogP contribution >= 0.6 is 0 Å². The fourth-order valence-electron chi connectivity index (χ4n) is 2.41. The molecule has 1 fully saturated rings. The lowest BCUT2D eigenvalue weighted by molar-refractivity contribution is -0.0193. The van der Waals surface area contributed by atoms with Gasteiger partial charge in [-0.3, -0.25) is 4.90 Å². The molecule has 0 aliphatic carbocycles. The number of ether oxygens (including phenoxy) is 1. The summed E-state index contributed by atoms with van der Waals surface area (Å²) in [5.41, 5.74) is 7.92. The molecule has 3 N–H and O–H groups in total. The van der Waals surface area contributed by atoms with Crippen molar-refractivity contribution < 1.29 is 9.15 Å². The number of likely N-dealkylation sites (N-methyl/N-ethyl adjacent to an activating group) is 1. The highest BCUT2D eigenvalue weighted by Gasteiger charge is 2.19. The first-order valence-corrected chi connectivity index (χ1v) is 6.98. The smallest absolute Gasteiger partial charge is 0.295 e. The Morgan fingerprint density at radius 3 is 3.25 bits per heavy atom. The lowest BCUT2D eigenvalue weighted by atomic mass is 10.2. The molecule has 0 bridgehead atoms. The maximum Gasteiger partial charge on any atom is 0.295 e. The van der Waals surface area contributed by atoms with E-state index >= 15 is 0 Å². The van der Waals surface area contributed by atoms with E-state index in [-0.39, 0.29) is 6.10 Å². The number of hydrogen-bond donors (Lipinski definition) is 2. The van der Waals surface area contributed by atoms with Crippen molar-refractivity contribution >= 4 is 22.8 Å². The fraction of sp³-hybridized carbons (Fsp3) is 0.500. The Morgan fingerprint density at radius 1 is 1.50 bits per heavy atom. The number of nitrogen functional groups attached to an aromatic ring is 1. The zero-order valence-electron chi connectivity index (χ0n) is 11.6. The minimum Gasteiger partial charge on any atom is -0.424 e. The summed E-state index contributed by atoms with van der Waals surface area (Å²) in [6.45, 7) is 6.65. The fourth-order valence-corrected chi connectivity index (χ4v) is 2.41. The van der Waals surface area contributed by atoms with Crippen molar-refractivity contribution in [1.82, 2.24) is 9.88 Å². The highest BCUT2D eigenvalue weighted by molar-refractivity contribution is 5.78. The third-order valence-corrected chi connectivity index (χ3v) is 3.56. The van der Waals surface area contributed by atoms with Gasteiger partial charge in [-0.2, -0.15) is 4.98 Å². The molecule has 20 heavy (non-hydrogen) atoms. The molecule has 3 rings (SSSR count). The van der Waals surface area contributed by atoms with Gasteiger partial charge in [0.1, 0.15) is 5.52 Å². The summed E-state index contributed by atoms with van der Waals surface area (Å²) in [6.07, 6.45) is 0.170. The van der Waals surface area contributed by atoms with Crippen molar-refractivity contribution in [3.05, 3.63) is 18.2 Å². The Hall–Kier alpha value is -1.79. The number of morpholine rings is 1. The van der Waals surface area contributed by atoms with E-state index < -0.39 is 0 Å². The molecule has 2 heterocycles. The van der Waals surface area contributed by atoms with Crippen LogP contribution in [0, 0.1) is 0 Å². The standard InChI is InChI=1S/C14H20N4O2/c1-2-18-5-6-19-11(9-18)8-16-14-17-12-7-10(15)3-4-13(12)20-14/h3-4,7,11H,2,5-6,8-9,15H2,1H3,(H,16,17). The highest BCUT2D eigenvalue weighted by atomic mass is 16.5. The summed E-state index contributed by atoms with van der Waals surface area (Å²) in [5.74, 6) is 0.